The topological polar surface area (TPSA) is 59.3 Å². The summed E-state index contributed by atoms with van der Waals surface area (Å²) >= 11 is 13.3. The number of fused-ring (bicyclic) bond motifs is 1. The Morgan fingerprint density at radius 2 is 2.05 bits per heavy atom. The molecular weight excluding hydrogens is 319 g/mol. The van der Waals surface area contributed by atoms with Gasteiger partial charge in [0.15, 0.2) is 10.8 Å². The highest BCUT2D eigenvalue weighted by molar-refractivity contribution is 8.00. The maximum Gasteiger partial charge on any atom is 0.233 e. The average molecular weight is 333 g/mol. The van der Waals surface area contributed by atoms with Crippen molar-refractivity contribution < 1.29 is 4.79 Å². The van der Waals surface area contributed by atoms with E-state index in [2.05, 4.69) is 15.5 Å². The van der Waals surface area contributed by atoms with Crippen LogP contribution < -0.4 is 5.32 Å². The van der Waals surface area contributed by atoms with Crippen LogP contribution in [-0.4, -0.2) is 31.8 Å². The first-order valence-corrected chi connectivity index (χ1v) is 7.69. The predicted molar refractivity (Wildman–Crippen MR) is 81.6 cm³/mol. The first-order valence-electron chi connectivity index (χ1n) is 6.05. The first kappa shape index (κ1) is 15.4. The molecule has 0 aliphatic heterocycles. The monoisotopic (exact) mass is 332 g/mol. The summed E-state index contributed by atoms with van der Waals surface area (Å²) in [5.41, 5.74) is 0.523. The molecule has 1 N–H and O–H groups in total. The van der Waals surface area contributed by atoms with Gasteiger partial charge in [-0.25, -0.2) is 0 Å². The molecule has 108 valence electrons. The highest BCUT2D eigenvalue weighted by atomic mass is 35.5. The highest BCUT2D eigenvalue weighted by Crippen LogP contribution is 2.27. The zero-order chi connectivity index (χ0) is 14.9. The van der Waals surface area contributed by atoms with Gasteiger partial charge >= 0.3 is 0 Å². The van der Waals surface area contributed by atoms with Crippen LogP contribution in [0.5, 0.6) is 0 Å². The Morgan fingerprint density at radius 1 is 1.35 bits per heavy atom. The maximum atomic E-state index is 11.9. The Labute approximate surface area is 131 Å². The Morgan fingerprint density at radius 3 is 2.70 bits per heavy atom. The summed E-state index contributed by atoms with van der Waals surface area (Å²) in [5, 5.41) is 12.1. The van der Waals surface area contributed by atoms with Crippen molar-refractivity contribution >= 4 is 46.5 Å². The minimum Gasteiger partial charge on any atom is -0.353 e. The summed E-state index contributed by atoms with van der Waals surface area (Å²) in [4.78, 5) is 11.9. The molecule has 0 aromatic carbocycles. The van der Waals surface area contributed by atoms with Gasteiger partial charge in [0, 0.05) is 12.2 Å². The van der Waals surface area contributed by atoms with E-state index in [9.17, 15) is 4.79 Å². The number of amides is 1. The van der Waals surface area contributed by atoms with Crippen LogP contribution >= 0.6 is 35.0 Å². The predicted octanol–water partition coefficient (Wildman–Crippen LogP) is 3.04. The zero-order valence-electron chi connectivity index (χ0n) is 11.2. The second-order valence-corrected chi connectivity index (χ2v) is 6.76. The fourth-order valence-electron chi connectivity index (χ4n) is 1.60. The third kappa shape index (κ3) is 3.37. The van der Waals surface area contributed by atoms with Crippen molar-refractivity contribution in [2.24, 2.45) is 0 Å². The summed E-state index contributed by atoms with van der Waals surface area (Å²) in [5.74, 6) is -0.0464. The molecule has 0 saturated heterocycles. The first-order chi connectivity index (χ1) is 9.38. The largest absolute Gasteiger partial charge is 0.353 e. The molecule has 0 aliphatic carbocycles. The SMILES string of the molecule is CC(C)NC(=O)C(C)Sc1nnc2c(Cl)cc(Cl)cn12. The van der Waals surface area contributed by atoms with Crippen molar-refractivity contribution in [1.29, 1.82) is 0 Å². The van der Waals surface area contributed by atoms with Gasteiger partial charge in [0.05, 0.1) is 15.3 Å². The van der Waals surface area contributed by atoms with E-state index in [1.165, 1.54) is 11.8 Å². The molecule has 8 heteroatoms. The van der Waals surface area contributed by atoms with Crippen LogP contribution in [-0.2, 0) is 4.79 Å². The van der Waals surface area contributed by atoms with E-state index < -0.39 is 0 Å². The number of pyridine rings is 1. The number of hydrogen-bond donors (Lipinski definition) is 1. The van der Waals surface area contributed by atoms with Gasteiger partial charge in [-0.2, -0.15) is 0 Å². The number of nitrogens with zero attached hydrogens (tertiary/aromatic N) is 3. The van der Waals surface area contributed by atoms with Crippen molar-refractivity contribution in [3.8, 4) is 0 Å². The molecule has 2 rings (SSSR count). The van der Waals surface area contributed by atoms with Gasteiger partial charge in [-0.1, -0.05) is 35.0 Å². The van der Waals surface area contributed by atoms with Gasteiger partial charge in [-0.05, 0) is 26.8 Å². The van der Waals surface area contributed by atoms with E-state index in [1.54, 1.807) is 16.7 Å². The number of halogens is 2. The number of nitrogens with one attached hydrogen (secondary N) is 1. The van der Waals surface area contributed by atoms with Crippen LogP contribution in [0.2, 0.25) is 10.0 Å². The quantitative estimate of drug-likeness (QED) is 0.874. The molecule has 0 fully saturated rings. The molecule has 20 heavy (non-hydrogen) atoms. The molecule has 1 atom stereocenters. The Balaban J connectivity index is 2.24. The highest BCUT2D eigenvalue weighted by Gasteiger charge is 2.19. The number of thioether (sulfide) groups is 1. The lowest BCUT2D eigenvalue weighted by Crippen LogP contribution is -2.35. The standard InChI is InChI=1S/C12H14Cl2N4OS/c1-6(2)15-11(19)7(3)20-12-17-16-10-9(14)4-8(13)5-18(10)12/h4-7H,1-3H3,(H,15,19). The van der Waals surface area contributed by atoms with Crippen LogP contribution in [0.4, 0.5) is 0 Å². The molecule has 0 radical (unpaired) electrons. The molecule has 0 bridgehead atoms. The molecule has 1 amide bonds. The summed E-state index contributed by atoms with van der Waals surface area (Å²) < 4.78 is 1.69. The van der Waals surface area contributed by atoms with Crippen molar-refractivity contribution in [1.82, 2.24) is 19.9 Å². The Hall–Kier alpha value is -0.980. The lowest BCUT2D eigenvalue weighted by molar-refractivity contribution is -0.120. The molecule has 2 aromatic rings. The molecule has 0 aliphatic rings. The van der Waals surface area contributed by atoms with Crippen molar-refractivity contribution in [3.63, 3.8) is 0 Å². The number of hydrogen-bond acceptors (Lipinski definition) is 4. The molecule has 5 nitrogen and oxygen atoms in total. The van der Waals surface area contributed by atoms with E-state index in [0.717, 1.165) is 0 Å². The minimum atomic E-state index is -0.289. The fraction of sp³-hybridized carbons (Fsp3) is 0.417. The van der Waals surface area contributed by atoms with Crippen molar-refractivity contribution in [2.75, 3.05) is 0 Å². The van der Waals surface area contributed by atoms with Crippen LogP contribution in [0.15, 0.2) is 17.4 Å². The van der Waals surface area contributed by atoms with Gasteiger partial charge < -0.3 is 5.32 Å². The third-order valence-corrected chi connectivity index (χ3v) is 4.02. The molecule has 0 saturated carbocycles. The molecular formula is C12H14Cl2N4OS. The zero-order valence-corrected chi connectivity index (χ0v) is 13.6. The lowest BCUT2D eigenvalue weighted by atomic mass is 10.3. The van der Waals surface area contributed by atoms with Crippen molar-refractivity contribution in [2.45, 2.75) is 37.2 Å². The van der Waals surface area contributed by atoms with Crippen LogP contribution in [0.1, 0.15) is 20.8 Å². The Kier molecular flexibility index (Phi) is 4.78. The van der Waals surface area contributed by atoms with Crippen LogP contribution in [0.25, 0.3) is 5.65 Å². The van der Waals surface area contributed by atoms with E-state index in [1.807, 2.05) is 20.8 Å². The van der Waals surface area contributed by atoms with Gasteiger partial charge in [0.25, 0.3) is 0 Å². The summed E-state index contributed by atoms with van der Waals surface area (Å²) in [6, 6.07) is 1.71. The molecule has 2 aromatic heterocycles. The lowest BCUT2D eigenvalue weighted by Gasteiger charge is -2.13. The minimum absolute atomic E-state index is 0.0464. The van der Waals surface area contributed by atoms with Crippen LogP contribution in [0, 0.1) is 0 Å². The van der Waals surface area contributed by atoms with Gasteiger partial charge in [0.2, 0.25) is 5.91 Å². The number of rotatable bonds is 4. The molecule has 0 spiro atoms. The normalized spacial score (nSPS) is 12.9. The Bertz CT molecular complexity index is 644. The second kappa shape index (κ2) is 6.20. The average Bonchev–Trinajstić information content (AvgIpc) is 2.71. The summed E-state index contributed by atoms with van der Waals surface area (Å²) in [6.45, 7) is 5.65. The van der Waals surface area contributed by atoms with Crippen molar-refractivity contribution in [3.05, 3.63) is 22.3 Å². The van der Waals surface area contributed by atoms with Crippen LogP contribution in [0.3, 0.4) is 0 Å². The van der Waals surface area contributed by atoms with Gasteiger partial charge in [-0.3, -0.25) is 9.20 Å². The van der Waals surface area contributed by atoms with E-state index in [0.29, 0.717) is 20.8 Å². The third-order valence-electron chi connectivity index (χ3n) is 2.48. The maximum absolute atomic E-state index is 11.9. The van der Waals surface area contributed by atoms with E-state index in [4.69, 9.17) is 23.2 Å². The number of carbonyl (C=O) groups is 1. The summed E-state index contributed by atoms with van der Waals surface area (Å²) in [6.07, 6.45) is 1.68. The number of aromatic nitrogens is 3. The smallest absolute Gasteiger partial charge is 0.233 e. The van der Waals surface area contributed by atoms with Gasteiger partial charge in [0.1, 0.15) is 0 Å². The molecule has 1 unspecified atom stereocenters. The fourth-order valence-corrected chi connectivity index (χ4v) is 2.94. The van der Waals surface area contributed by atoms with E-state index >= 15 is 0 Å². The molecule has 2 heterocycles. The number of carbonyl (C=O) groups excluding carboxylic acids is 1. The van der Waals surface area contributed by atoms with Gasteiger partial charge in [-0.15, -0.1) is 10.2 Å². The second-order valence-electron chi connectivity index (χ2n) is 4.61. The van der Waals surface area contributed by atoms with E-state index in [-0.39, 0.29) is 17.2 Å². The summed E-state index contributed by atoms with van der Waals surface area (Å²) in [7, 11) is 0.